The maximum absolute atomic E-state index is 12.7. The first-order chi connectivity index (χ1) is 18.0. The van der Waals surface area contributed by atoms with Crippen LogP contribution in [0.4, 0.5) is 21.9 Å². The lowest BCUT2D eigenvalue weighted by molar-refractivity contribution is -0.111. The summed E-state index contributed by atoms with van der Waals surface area (Å²) in [6.07, 6.45) is 3.46. The van der Waals surface area contributed by atoms with E-state index in [0.29, 0.717) is 35.7 Å². The monoisotopic (exact) mass is 503 g/mol. The van der Waals surface area contributed by atoms with E-state index in [1.165, 1.54) is 6.08 Å². The van der Waals surface area contributed by atoms with Gasteiger partial charge < -0.3 is 25.6 Å². The number of hydrogen-bond donors (Lipinski definition) is 4. The van der Waals surface area contributed by atoms with Gasteiger partial charge in [0.15, 0.2) is 0 Å². The molecular weight excluding hydrogens is 470 g/mol. The van der Waals surface area contributed by atoms with Crippen molar-refractivity contribution in [2.24, 2.45) is 5.92 Å². The molecule has 37 heavy (non-hydrogen) atoms. The molecule has 0 fully saturated rings. The number of carbonyl (C=O) groups is 2. The van der Waals surface area contributed by atoms with Crippen molar-refractivity contribution in [2.75, 3.05) is 29.6 Å². The molecule has 0 aliphatic rings. The molecule has 3 rings (SSSR count). The molecule has 194 valence electrons. The van der Waals surface area contributed by atoms with E-state index >= 15 is 0 Å². The fraction of sp³-hybridized carbons (Fsp3) is 0.241. The number of nitrogens with one attached hydrogen (secondary N) is 2. The topological polar surface area (TPSA) is 123 Å². The largest absolute Gasteiger partial charge is 0.491 e. The van der Waals surface area contributed by atoms with Crippen LogP contribution < -0.4 is 21.1 Å². The van der Waals surface area contributed by atoms with Gasteiger partial charge in [0.25, 0.3) is 0 Å². The smallest absolute Gasteiger partial charge is 0.412 e. The fourth-order valence-corrected chi connectivity index (χ4v) is 3.70. The number of nitrogen functional groups attached to an aromatic ring is 1. The Morgan fingerprint density at radius 2 is 1.68 bits per heavy atom. The van der Waals surface area contributed by atoms with Gasteiger partial charge >= 0.3 is 6.09 Å². The van der Waals surface area contributed by atoms with Gasteiger partial charge in [-0.3, -0.25) is 10.1 Å². The Bertz CT molecular complexity index is 1170. The third kappa shape index (κ3) is 9.01. The predicted molar refractivity (Wildman–Crippen MR) is 145 cm³/mol. The first-order valence-corrected chi connectivity index (χ1v) is 12.1. The van der Waals surface area contributed by atoms with Gasteiger partial charge in [-0.05, 0) is 66.8 Å². The number of aliphatic hydroxyl groups excluding tert-OH is 1. The quantitative estimate of drug-likeness (QED) is 0.190. The second kappa shape index (κ2) is 14.3. The molecule has 0 saturated heterocycles. The van der Waals surface area contributed by atoms with E-state index in [1.54, 1.807) is 54.6 Å². The lowest BCUT2D eigenvalue weighted by Gasteiger charge is -2.25. The van der Waals surface area contributed by atoms with E-state index in [0.717, 1.165) is 5.56 Å². The van der Waals surface area contributed by atoms with Gasteiger partial charge in [-0.15, -0.1) is 0 Å². The molecular formula is C29H33N3O5. The van der Waals surface area contributed by atoms with Crippen molar-refractivity contribution in [3.05, 3.63) is 96.6 Å². The van der Waals surface area contributed by atoms with Crippen LogP contribution in [0.15, 0.2) is 91.0 Å². The second-order valence-electron chi connectivity index (χ2n) is 8.49. The van der Waals surface area contributed by atoms with Gasteiger partial charge in [0, 0.05) is 5.69 Å². The number of para-hydroxylation sites is 3. The van der Waals surface area contributed by atoms with E-state index in [9.17, 15) is 9.59 Å². The lowest BCUT2D eigenvalue weighted by atomic mass is 9.93. The molecule has 3 aromatic carbocycles. The van der Waals surface area contributed by atoms with Crippen LogP contribution in [0.2, 0.25) is 0 Å². The van der Waals surface area contributed by atoms with Crippen LogP contribution >= 0.6 is 0 Å². The van der Waals surface area contributed by atoms with Gasteiger partial charge in [0.1, 0.15) is 18.5 Å². The summed E-state index contributed by atoms with van der Waals surface area (Å²) < 4.78 is 11.3. The molecule has 0 radical (unpaired) electrons. The molecule has 0 saturated carbocycles. The van der Waals surface area contributed by atoms with Crippen LogP contribution in [-0.4, -0.2) is 30.3 Å². The maximum Gasteiger partial charge on any atom is 0.412 e. The van der Waals surface area contributed by atoms with E-state index < -0.39 is 12.2 Å². The number of hydrogen-bond acceptors (Lipinski definition) is 6. The Kier molecular flexibility index (Phi) is 10.6. The van der Waals surface area contributed by atoms with Crippen molar-refractivity contribution in [1.29, 1.82) is 0 Å². The average Bonchev–Trinajstić information content (AvgIpc) is 2.90. The van der Waals surface area contributed by atoms with E-state index in [-0.39, 0.29) is 25.0 Å². The van der Waals surface area contributed by atoms with Crippen molar-refractivity contribution in [3.8, 4) is 5.75 Å². The Morgan fingerprint density at radius 1 is 0.973 bits per heavy atom. The van der Waals surface area contributed by atoms with Crippen LogP contribution in [0.1, 0.15) is 31.4 Å². The highest BCUT2D eigenvalue weighted by atomic mass is 16.6. The maximum atomic E-state index is 12.7. The molecule has 3 aromatic rings. The number of benzene rings is 3. The minimum Gasteiger partial charge on any atom is -0.491 e. The standard InChI is InChI=1S/C29H33N3O5/c1-21(9-5-8-14-27(34)32-26-13-7-6-12-25(26)30)28(22-15-17-24(18-16-22)36-20-19-33)37-29(35)31-23-10-3-2-4-11-23/h2-4,6-8,10-18,21,28,33H,5,9,19-20,30H2,1H3,(H,31,35)(H,32,34)/b14-8+/t21-,28+/m1/s1. The van der Waals surface area contributed by atoms with Crippen molar-refractivity contribution in [1.82, 2.24) is 0 Å². The molecule has 8 nitrogen and oxygen atoms in total. The zero-order valence-corrected chi connectivity index (χ0v) is 20.8. The van der Waals surface area contributed by atoms with Crippen LogP contribution in [0.3, 0.4) is 0 Å². The summed E-state index contributed by atoms with van der Waals surface area (Å²) in [5, 5.41) is 14.5. The zero-order valence-electron chi connectivity index (χ0n) is 20.8. The number of anilines is 3. The first-order valence-electron chi connectivity index (χ1n) is 12.1. The molecule has 5 N–H and O–H groups in total. The first kappa shape index (κ1) is 27.3. The third-order valence-corrected chi connectivity index (χ3v) is 5.62. The van der Waals surface area contributed by atoms with Gasteiger partial charge in [0.05, 0.1) is 18.0 Å². The minimum atomic E-state index is -0.556. The molecule has 2 amide bonds. The van der Waals surface area contributed by atoms with Crippen molar-refractivity contribution < 1.29 is 24.2 Å². The number of allylic oxidation sites excluding steroid dienone is 1. The number of nitrogens with two attached hydrogens (primary N) is 1. The summed E-state index contributed by atoms with van der Waals surface area (Å²) >= 11 is 0. The summed E-state index contributed by atoms with van der Waals surface area (Å²) in [4.78, 5) is 24.9. The van der Waals surface area contributed by atoms with Gasteiger partial charge in [0.2, 0.25) is 5.91 Å². The zero-order chi connectivity index (χ0) is 26.5. The van der Waals surface area contributed by atoms with Crippen molar-refractivity contribution in [2.45, 2.75) is 25.9 Å². The van der Waals surface area contributed by atoms with E-state index in [2.05, 4.69) is 10.6 Å². The predicted octanol–water partition coefficient (Wildman–Crippen LogP) is 5.54. The highest BCUT2D eigenvalue weighted by molar-refractivity contribution is 6.01. The summed E-state index contributed by atoms with van der Waals surface area (Å²) in [7, 11) is 0. The molecule has 2 atom stereocenters. The van der Waals surface area contributed by atoms with Crippen molar-refractivity contribution >= 4 is 29.1 Å². The SMILES string of the molecule is C[C@H](CC/C=C/C(=O)Nc1ccccc1N)[C@H](OC(=O)Nc1ccccc1)c1ccc(OCCO)cc1. The van der Waals surface area contributed by atoms with Crippen LogP contribution in [0.5, 0.6) is 5.75 Å². The van der Waals surface area contributed by atoms with Crippen LogP contribution in [-0.2, 0) is 9.53 Å². The molecule has 0 aliphatic carbocycles. The van der Waals surface area contributed by atoms with Crippen LogP contribution in [0.25, 0.3) is 0 Å². The molecule has 0 spiro atoms. The third-order valence-electron chi connectivity index (χ3n) is 5.62. The summed E-state index contributed by atoms with van der Waals surface area (Å²) in [5.74, 6) is 0.299. The Hall–Kier alpha value is -4.30. The van der Waals surface area contributed by atoms with Gasteiger partial charge in [-0.1, -0.05) is 55.5 Å². The highest BCUT2D eigenvalue weighted by Crippen LogP contribution is 2.31. The molecule has 0 bridgehead atoms. The Labute approximate surface area is 217 Å². The summed E-state index contributed by atoms with van der Waals surface area (Å²) in [5.41, 5.74) is 8.39. The highest BCUT2D eigenvalue weighted by Gasteiger charge is 2.23. The number of aliphatic hydroxyl groups is 1. The molecule has 0 heterocycles. The number of rotatable bonds is 12. The number of amides is 2. The van der Waals surface area contributed by atoms with E-state index in [1.807, 2.05) is 37.3 Å². The van der Waals surface area contributed by atoms with Crippen LogP contribution in [0, 0.1) is 5.92 Å². The summed E-state index contributed by atoms with van der Waals surface area (Å²) in [6, 6.07) is 23.4. The molecule has 0 aliphatic heterocycles. The molecule has 0 unspecified atom stereocenters. The lowest BCUT2D eigenvalue weighted by Crippen LogP contribution is -2.22. The fourth-order valence-electron chi connectivity index (χ4n) is 3.70. The van der Waals surface area contributed by atoms with Gasteiger partial charge in [-0.25, -0.2) is 4.79 Å². The summed E-state index contributed by atoms with van der Waals surface area (Å²) in [6.45, 7) is 2.12. The van der Waals surface area contributed by atoms with E-state index in [4.69, 9.17) is 20.3 Å². The Morgan fingerprint density at radius 3 is 2.38 bits per heavy atom. The minimum absolute atomic E-state index is 0.0526. The molecule has 0 aromatic heterocycles. The van der Waals surface area contributed by atoms with Crippen molar-refractivity contribution in [3.63, 3.8) is 0 Å². The number of ether oxygens (including phenoxy) is 2. The van der Waals surface area contributed by atoms with Gasteiger partial charge in [-0.2, -0.15) is 0 Å². The second-order valence-corrected chi connectivity index (χ2v) is 8.49. The normalized spacial score (nSPS) is 12.5. The number of carbonyl (C=O) groups excluding carboxylic acids is 2. The molecule has 8 heteroatoms. The average molecular weight is 504 g/mol. The Balaban J connectivity index is 1.62.